The second-order valence-electron chi connectivity index (χ2n) is 7.48. The van der Waals surface area contributed by atoms with E-state index in [4.69, 9.17) is 0 Å². The van der Waals surface area contributed by atoms with Crippen molar-refractivity contribution in [2.45, 2.75) is 25.2 Å². The molecule has 11 nitrogen and oxygen atoms in total. The standard InChI is InChI=1S/C22H19BrN6O5S2/c1-3-18-26-27-21(35-18)28-36(33,34)15-7-4-13(5-8-15)24-11-16-19(30)25-22(32)29(20(16)31)14-6-9-17(23)12(2)10-14/h4-11,31H,3H2,1-2H3,(H,27,28)(H,25,30,32). The first-order chi connectivity index (χ1) is 17.1. The van der Waals surface area contributed by atoms with Crippen molar-refractivity contribution in [2.75, 3.05) is 4.72 Å². The molecule has 4 aromatic rings. The van der Waals surface area contributed by atoms with Crippen LogP contribution in [0.25, 0.3) is 5.69 Å². The van der Waals surface area contributed by atoms with Crippen molar-refractivity contribution >= 4 is 54.3 Å². The number of halogens is 1. The fourth-order valence-electron chi connectivity index (χ4n) is 3.12. The Balaban J connectivity index is 1.61. The lowest BCUT2D eigenvalue weighted by Gasteiger charge is -2.11. The molecule has 0 spiro atoms. The number of aromatic hydroxyl groups is 1. The number of hydrogen-bond acceptors (Lipinski definition) is 9. The monoisotopic (exact) mass is 590 g/mol. The maximum absolute atomic E-state index is 12.6. The summed E-state index contributed by atoms with van der Waals surface area (Å²) in [5.41, 5.74) is -0.377. The van der Waals surface area contributed by atoms with E-state index in [2.05, 4.69) is 40.8 Å². The Kier molecular flexibility index (Phi) is 7.19. The minimum atomic E-state index is -3.88. The van der Waals surface area contributed by atoms with Gasteiger partial charge in [0.15, 0.2) is 0 Å². The van der Waals surface area contributed by atoms with Crippen LogP contribution in [0.1, 0.15) is 23.1 Å². The van der Waals surface area contributed by atoms with E-state index < -0.39 is 27.2 Å². The smallest absolute Gasteiger partial charge is 0.335 e. The molecule has 0 saturated heterocycles. The van der Waals surface area contributed by atoms with Gasteiger partial charge in [0.05, 0.1) is 16.3 Å². The van der Waals surface area contributed by atoms with Crippen LogP contribution >= 0.6 is 27.3 Å². The summed E-state index contributed by atoms with van der Waals surface area (Å²) in [6.07, 6.45) is 1.75. The average molecular weight is 591 g/mol. The molecule has 14 heteroatoms. The third kappa shape index (κ3) is 5.29. The van der Waals surface area contributed by atoms with Crippen molar-refractivity contribution in [3.63, 3.8) is 0 Å². The largest absolute Gasteiger partial charge is 0.493 e. The Bertz CT molecular complexity index is 1690. The van der Waals surface area contributed by atoms with Crippen LogP contribution in [0.4, 0.5) is 10.8 Å². The summed E-state index contributed by atoms with van der Waals surface area (Å²) in [5.74, 6) is -0.582. The first-order valence-corrected chi connectivity index (χ1v) is 13.5. The number of anilines is 1. The molecule has 0 amide bonds. The number of H-pyrrole nitrogens is 1. The van der Waals surface area contributed by atoms with E-state index >= 15 is 0 Å². The zero-order valence-corrected chi connectivity index (χ0v) is 22.1. The van der Waals surface area contributed by atoms with Gasteiger partial charge in [-0.1, -0.05) is 34.2 Å². The number of aromatic nitrogens is 4. The van der Waals surface area contributed by atoms with Gasteiger partial charge in [-0.25, -0.2) is 17.8 Å². The van der Waals surface area contributed by atoms with E-state index in [9.17, 15) is 23.1 Å². The highest BCUT2D eigenvalue weighted by atomic mass is 79.9. The van der Waals surface area contributed by atoms with E-state index in [1.54, 1.807) is 18.2 Å². The molecule has 186 valence electrons. The second kappa shape index (κ2) is 10.2. The molecule has 3 N–H and O–H groups in total. The summed E-state index contributed by atoms with van der Waals surface area (Å²) in [5, 5.41) is 19.3. The lowest BCUT2D eigenvalue weighted by atomic mass is 10.2. The summed E-state index contributed by atoms with van der Waals surface area (Å²) in [4.78, 5) is 31.0. The summed E-state index contributed by atoms with van der Waals surface area (Å²) < 4.78 is 29.4. The van der Waals surface area contributed by atoms with Crippen molar-refractivity contribution in [1.29, 1.82) is 0 Å². The Morgan fingerprint density at radius 3 is 2.56 bits per heavy atom. The van der Waals surface area contributed by atoms with Gasteiger partial charge < -0.3 is 5.11 Å². The van der Waals surface area contributed by atoms with Crippen molar-refractivity contribution in [2.24, 2.45) is 4.99 Å². The summed E-state index contributed by atoms with van der Waals surface area (Å²) >= 11 is 4.53. The lowest BCUT2D eigenvalue weighted by molar-refractivity contribution is 0.430. The number of nitrogens with one attached hydrogen (secondary N) is 2. The molecule has 36 heavy (non-hydrogen) atoms. The Morgan fingerprint density at radius 2 is 1.92 bits per heavy atom. The predicted molar refractivity (Wildman–Crippen MR) is 141 cm³/mol. The maximum Gasteiger partial charge on any atom is 0.335 e. The molecule has 0 aliphatic heterocycles. The van der Waals surface area contributed by atoms with E-state index in [0.29, 0.717) is 22.8 Å². The molecule has 0 fully saturated rings. The fourth-order valence-corrected chi connectivity index (χ4v) is 5.28. The summed E-state index contributed by atoms with van der Waals surface area (Å²) in [7, 11) is -3.88. The van der Waals surface area contributed by atoms with Gasteiger partial charge in [-0.05, 0) is 61.4 Å². The second-order valence-corrected chi connectivity index (χ2v) is 11.1. The van der Waals surface area contributed by atoms with Crippen molar-refractivity contribution in [3.05, 3.63) is 83.9 Å². The molecule has 2 aromatic carbocycles. The normalized spacial score (nSPS) is 11.8. The molecule has 0 atom stereocenters. The van der Waals surface area contributed by atoms with Gasteiger partial charge in [0, 0.05) is 10.7 Å². The highest BCUT2D eigenvalue weighted by Crippen LogP contribution is 2.24. The number of nitrogens with zero attached hydrogens (tertiary/aromatic N) is 4. The molecule has 0 radical (unpaired) electrons. The molecular weight excluding hydrogens is 572 g/mol. The van der Waals surface area contributed by atoms with Crippen LogP contribution < -0.4 is 16.0 Å². The number of sulfonamides is 1. The van der Waals surface area contributed by atoms with Crippen molar-refractivity contribution < 1.29 is 13.5 Å². The third-order valence-corrected chi connectivity index (χ3v) is 8.36. The Labute approximate surface area is 217 Å². The Hall–Kier alpha value is -3.62. The Morgan fingerprint density at radius 1 is 1.19 bits per heavy atom. The summed E-state index contributed by atoms with van der Waals surface area (Å²) in [6.45, 7) is 3.71. The SMILES string of the molecule is CCc1nnc(NS(=O)(=O)c2ccc(N=Cc3c(O)n(-c4ccc(Br)c(C)c4)c(=O)[nH]c3=O)cc2)s1. The van der Waals surface area contributed by atoms with Crippen molar-refractivity contribution in [1.82, 2.24) is 19.7 Å². The average Bonchev–Trinajstić information content (AvgIpc) is 3.28. The van der Waals surface area contributed by atoms with Crippen LogP contribution in [0.3, 0.4) is 0 Å². The zero-order chi connectivity index (χ0) is 26.0. The third-order valence-electron chi connectivity index (χ3n) is 5.00. The van der Waals surface area contributed by atoms with Gasteiger partial charge >= 0.3 is 5.69 Å². The van der Waals surface area contributed by atoms with Gasteiger partial charge in [-0.2, -0.15) is 0 Å². The zero-order valence-electron chi connectivity index (χ0n) is 18.9. The summed E-state index contributed by atoms with van der Waals surface area (Å²) in [6, 6.07) is 10.5. The molecule has 0 aliphatic rings. The first-order valence-electron chi connectivity index (χ1n) is 10.4. The predicted octanol–water partition coefficient (Wildman–Crippen LogP) is 3.27. The van der Waals surface area contributed by atoms with Crippen LogP contribution in [0.5, 0.6) is 5.88 Å². The number of aliphatic imine (C=N–C) groups is 1. The highest BCUT2D eigenvalue weighted by Gasteiger charge is 2.17. The van der Waals surface area contributed by atoms with Gasteiger partial charge in [-0.15, -0.1) is 10.2 Å². The molecule has 2 aromatic heterocycles. The van der Waals surface area contributed by atoms with E-state index in [0.717, 1.165) is 32.2 Å². The van der Waals surface area contributed by atoms with Crippen LogP contribution in [-0.4, -0.2) is 39.5 Å². The van der Waals surface area contributed by atoms with Crippen LogP contribution in [0, 0.1) is 6.92 Å². The molecule has 2 heterocycles. The minimum Gasteiger partial charge on any atom is -0.493 e. The van der Waals surface area contributed by atoms with E-state index in [1.165, 1.54) is 24.3 Å². The van der Waals surface area contributed by atoms with Crippen LogP contribution in [0.15, 0.2) is 66.4 Å². The lowest BCUT2D eigenvalue weighted by Crippen LogP contribution is -2.31. The molecule has 0 aliphatic carbocycles. The molecular formula is C22H19BrN6O5S2. The number of hydrogen-bond donors (Lipinski definition) is 3. The minimum absolute atomic E-state index is 0.0189. The number of aromatic amines is 1. The quantitative estimate of drug-likeness (QED) is 0.278. The van der Waals surface area contributed by atoms with E-state index in [-0.39, 0.29) is 15.6 Å². The molecule has 4 rings (SSSR count). The molecule has 0 saturated carbocycles. The number of benzene rings is 2. The first kappa shape index (κ1) is 25.5. The van der Waals surface area contributed by atoms with E-state index in [1.807, 2.05) is 13.8 Å². The van der Waals surface area contributed by atoms with Gasteiger partial charge in [-0.3, -0.25) is 19.5 Å². The number of rotatable bonds is 7. The van der Waals surface area contributed by atoms with Gasteiger partial charge in [0.25, 0.3) is 15.6 Å². The van der Waals surface area contributed by atoms with Gasteiger partial charge in [0.2, 0.25) is 11.0 Å². The number of aryl methyl sites for hydroxylation is 2. The van der Waals surface area contributed by atoms with Gasteiger partial charge in [0.1, 0.15) is 10.6 Å². The fraction of sp³-hybridized carbons (Fsp3) is 0.136. The maximum atomic E-state index is 12.6. The van der Waals surface area contributed by atoms with Crippen molar-refractivity contribution in [3.8, 4) is 11.6 Å². The highest BCUT2D eigenvalue weighted by molar-refractivity contribution is 9.10. The molecule has 0 unspecified atom stereocenters. The van der Waals surface area contributed by atoms with Crippen LogP contribution in [-0.2, 0) is 16.4 Å². The topological polar surface area (TPSA) is 159 Å². The van der Waals surface area contributed by atoms with Crippen LogP contribution in [0.2, 0.25) is 0 Å². The molecule has 0 bridgehead atoms.